The van der Waals surface area contributed by atoms with E-state index in [2.05, 4.69) is 0 Å². The Morgan fingerprint density at radius 3 is 2.50 bits per heavy atom. The minimum absolute atomic E-state index is 0.326. The van der Waals surface area contributed by atoms with E-state index in [0.29, 0.717) is 18.0 Å². The van der Waals surface area contributed by atoms with Crippen molar-refractivity contribution in [2.24, 2.45) is 0 Å². The zero-order valence-electron chi connectivity index (χ0n) is 13.5. The summed E-state index contributed by atoms with van der Waals surface area (Å²) < 4.78 is 28.7. The lowest BCUT2D eigenvalue weighted by Gasteiger charge is -2.26. The molecule has 0 fully saturated rings. The van der Waals surface area contributed by atoms with Crippen LogP contribution in [0.1, 0.15) is 38.3 Å². The zero-order valence-corrected chi connectivity index (χ0v) is 14.4. The summed E-state index contributed by atoms with van der Waals surface area (Å²) in [5, 5.41) is 0. The Hall–Kier alpha value is -1.56. The predicted octanol–water partition coefficient (Wildman–Crippen LogP) is 2.77. The molecule has 2 rings (SSSR count). The molecule has 1 aliphatic heterocycles. The van der Waals surface area contributed by atoms with Crippen LogP contribution in [0.5, 0.6) is 0 Å². The summed E-state index contributed by atoms with van der Waals surface area (Å²) >= 11 is 0. The summed E-state index contributed by atoms with van der Waals surface area (Å²) in [6, 6.07) is 5.13. The molecule has 122 valence electrons. The van der Waals surface area contributed by atoms with Crippen molar-refractivity contribution in [2.75, 3.05) is 12.8 Å². The number of rotatable bonds is 1. The van der Waals surface area contributed by atoms with E-state index < -0.39 is 15.4 Å². The second-order valence-corrected chi connectivity index (χ2v) is 8.72. The molecule has 6 heteroatoms. The monoisotopic (exact) mass is 325 g/mol. The fourth-order valence-corrected chi connectivity index (χ4v) is 3.12. The van der Waals surface area contributed by atoms with Crippen molar-refractivity contribution in [1.82, 2.24) is 4.90 Å². The molecule has 1 heterocycles. The van der Waals surface area contributed by atoms with Crippen LogP contribution < -0.4 is 0 Å². The molecular weight excluding hydrogens is 302 g/mol. The highest BCUT2D eigenvalue weighted by Crippen LogP contribution is 2.23. The van der Waals surface area contributed by atoms with Gasteiger partial charge in [0.05, 0.1) is 4.90 Å². The summed E-state index contributed by atoms with van der Waals surface area (Å²) in [4.78, 5) is 14.2. The van der Waals surface area contributed by atoms with Crippen molar-refractivity contribution < 1.29 is 17.9 Å². The molecule has 0 aromatic heterocycles. The highest BCUT2D eigenvalue weighted by molar-refractivity contribution is 7.90. The van der Waals surface area contributed by atoms with Gasteiger partial charge in [-0.25, -0.2) is 13.2 Å². The van der Waals surface area contributed by atoms with E-state index >= 15 is 0 Å². The van der Waals surface area contributed by atoms with Gasteiger partial charge in [-0.15, -0.1) is 0 Å². The second kappa shape index (κ2) is 5.91. The molecular formula is C16H23NO4S. The van der Waals surface area contributed by atoms with E-state index in [1.165, 1.54) is 6.26 Å². The van der Waals surface area contributed by atoms with Crippen molar-refractivity contribution in [3.05, 3.63) is 29.3 Å². The number of hydrogen-bond donors (Lipinski definition) is 0. The third-order valence-corrected chi connectivity index (χ3v) is 4.60. The summed E-state index contributed by atoms with van der Waals surface area (Å²) in [7, 11) is -3.21. The molecule has 0 unspecified atom stereocenters. The van der Waals surface area contributed by atoms with E-state index in [1.807, 2.05) is 20.8 Å². The van der Waals surface area contributed by atoms with Gasteiger partial charge in [0, 0.05) is 19.3 Å². The van der Waals surface area contributed by atoms with Crippen LogP contribution in [0.4, 0.5) is 4.79 Å². The third-order valence-electron chi connectivity index (χ3n) is 3.49. The standard InChI is InChI=1S/C16H23NO4S/c1-16(2,3)21-15(18)17-9-5-6-12-10-14(22(4,19)20)8-7-13(12)11-17/h7-8,10H,5-6,9,11H2,1-4H3. The Kier molecular flexibility index (Phi) is 4.52. The SMILES string of the molecule is CC(C)(C)OC(=O)N1CCCc2cc(S(C)(=O)=O)ccc2C1. The zero-order chi connectivity index (χ0) is 16.5. The molecule has 1 aliphatic rings. The second-order valence-electron chi connectivity index (χ2n) is 6.71. The largest absolute Gasteiger partial charge is 0.444 e. The van der Waals surface area contributed by atoms with Crippen LogP contribution >= 0.6 is 0 Å². The minimum atomic E-state index is -3.21. The van der Waals surface area contributed by atoms with E-state index in [4.69, 9.17) is 4.74 Å². The van der Waals surface area contributed by atoms with Crippen LogP contribution in [0.2, 0.25) is 0 Å². The van der Waals surface area contributed by atoms with Crippen LogP contribution in [-0.4, -0.2) is 37.8 Å². The Morgan fingerprint density at radius 2 is 1.91 bits per heavy atom. The molecule has 0 saturated heterocycles. The number of hydrogen-bond acceptors (Lipinski definition) is 4. The van der Waals surface area contributed by atoms with E-state index in [1.54, 1.807) is 23.1 Å². The fourth-order valence-electron chi connectivity index (χ4n) is 2.45. The Bertz CT molecular complexity index is 674. The van der Waals surface area contributed by atoms with Crippen molar-refractivity contribution in [2.45, 2.75) is 50.7 Å². The molecule has 0 bridgehead atoms. The maximum Gasteiger partial charge on any atom is 0.410 e. The van der Waals surface area contributed by atoms with Crippen LogP contribution in [0.25, 0.3) is 0 Å². The van der Waals surface area contributed by atoms with Gasteiger partial charge in [0.1, 0.15) is 5.60 Å². The van der Waals surface area contributed by atoms with Gasteiger partial charge < -0.3 is 9.64 Å². The molecule has 0 spiro atoms. The lowest BCUT2D eigenvalue weighted by Crippen LogP contribution is -2.36. The van der Waals surface area contributed by atoms with Crippen LogP contribution in [0.3, 0.4) is 0 Å². The number of benzene rings is 1. The number of amides is 1. The minimum Gasteiger partial charge on any atom is -0.444 e. The number of sulfone groups is 1. The van der Waals surface area contributed by atoms with Crippen LogP contribution in [0.15, 0.2) is 23.1 Å². The molecule has 1 aromatic carbocycles. The van der Waals surface area contributed by atoms with Gasteiger partial charge in [0.2, 0.25) is 0 Å². The number of aryl methyl sites for hydroxylation is 1. The van der Waals surface area contributed by atoms with Gasteiger partial charge in [0.25, 0.3) is 0 Å². The molecule has 1 amide bonds. The maximum atomic E-state index is 12.2. The number of nitrogens with zero attached hydrogens (tertiary/aromatic N) is 1. The molecule has 0 saturated carbocycles. The first kappa shape index (κ1) is 16.8. The lowest BCUT2D eigenvalue weighted by molar-refractivity contribution is 0.0237. The average Bonchev–Trinajstić information content (AvgIpc) is 2.56. The number of fused-ring (bicyclic) bond motifs is 1. The molecule has 5 nitrogen and oxygen atoms in total. The summed E-state index contributed by atoms with van der Waals surface area (Å²) in [6.45, 7) is 6.59. The lowest BCUT2D eigenvalue weighted by atomic mass is 10.0. The Morgan fingerprint density at radius 1 is 1.23 bits per heavy atom. The Balaban J connectivity index is 2.23. The maximum absolute atomic E-state index is 12.2. The fraction of sp³-hybridized carbons (Fsp3) is 0.562. The van der Waals surface area contributed by atoms with Gasteiger partial charge in [-0.3, -0.25) is 0 Å². The Labute approximate surface area is 132 Å². The van der Waals surface area contributed by atoms with E-state index in [-0.39, 0.29) is 6.09 Å². The normalized spacial score (nSPS) is 15.9. The average molecular weight is 325 g/mol. The number of ether oxygens (including phenoxy) is 1. The first-order valence-corrected chi connectivity index (χ1v) is 9.25. The summed E-state index contributed by atoms with van der Waals surface area (Å²) in [5.41, 5.74) is 1.46. The smallest absolute Gasteiger partial charge is 0.410 e. The molecule has 22 heavy (non-hydrogen) atoms. The molecule has 0 radical (unpaired) electrons. The molecule has 0 N–H and O–H groups in total. The highest BCUT2D eigenvalue weighted by Gasteiger charge is 2.25. The van der Waals surface area contributed by atoms with E-state index in [9.17, 15) is 13.2 Å². The highest BCUT2D eigenvalue weighted by atomic mass is 32.2. The summed E-state index contributed by atoms with van der Waals surface area (Å²) in [6.07, 6.45) is 2.43. The van der Waals surface area contributed by atoms with Crippen molar-refractivity contribution in [3.8, 4) is 0 Å². The molecule has 0 atom stereocenters. The van der Waals surface area contributed by atoms with Crippen molar-refractivity contribution in [1.29, 1.82) is 0 Å². The molecule has 1 aromatic rings. The van der Waals surface area contributed by atoms with Crippen molar-refractivity contribution >= 4 is 15.9 Å². The van der Waals surface area contributed by atoms with Gasteiger partial charge in [0.15, 0.2) is 9.84 Å². The van der Waals surface area contributed by atoms with Crippen molar-refractivity contribution in [3.63, 3.8) is 0 Å². The van der Waals surface area contributed by atoms with Crippen LogP contribution in [-0.2, 0) is 27.5 Å². The number of carbonyl (C=O) groups excluding carboxylic acids is 1. The topological polar surface area (TPSA) is 63.7 Å². The van der Waals surface area contributed by atoms with Gasteiger partial charge in [-0.2, -0.15) is 0 Å². The van der Waals surface area contributed by atoms with Gasteiger partial charge in [-0.05, 0) is 56.9 Å². The quantitative estimate of drug-likeness (QED) is 0.796. The first-order valence-electron chi connectivity index (χ1n) is 7.36. The number of carbonyl (C=O) groups is 1. The van der Waals surface area contributed by atoms with E-state index in [0.717, 1.165) is 24.0 Å². The van der Waals surface area contributed by atoms with Gasteiger partial charge in [-0.1, -0.05) is 6.07 Å². The predicted molar refractivity (Wildman–Crippen MR) is 84.5 cm³/mol. The van der Waals surface area contributed by atoms with Crippen LogP contribution in [0, 0.1) is 0 Å². The third kappa shape index (κ3) is 4.22. The first-order chi connectivity index (χ1) is 10.1. The molecule has 0 aliphatic carbocycles. The summed E-state index contributed by atoms with van der Waals surface area (Å²) in [5.74, 6) is 0. The van der Waals surface area contributed by atoms with Gasteiger partial charge >= 0.3 is 6.09 Å².